The average molecular weight is 282 g/mol. The summed E-state index contributed by atoms with van der Waals surface area (Å²) in [6.07, 6.45) is 0.484. The van der Waals surface area contributed by atoms with Gasteiger partial charge in [0.05, 0.1) is 13.0 Å². The maximum absolute atomic E-state index is 12.1. The second-order valence-corrected chi connectivity index (χ2v) is 5.54. The number of hydrogen-bond donors (Lipinski definition) is 2. The number of rotatable bonds is 4. The molecule has 1 aromatic heterocycles. The number of thiophene rings is 1. The van der Waals surface area contributed by atoms with Gasteiger partial charge >= 0.3 is 0 Å². The molecule has 1 aliphatic heterocycles. The summed E-state index contributed by atoms with van der Waals surface area (Å²) in [6, 6.07) is 3.94. The van der Waals surface area contributed by atoms with Gasteiger partial charge in [-0.15, -0.1) is 11.3 Å². The first-order valence-corrected chi connectivity index (χ1v) is 7.06. The van der Waals surface area contributed by atoms with Crippen LogP contribution in [0.5, 0.6) is 0 Å². The maximum atomic E-state index is 12.1. The van der Waals surface area contributed by atoms with Crippen molar-refractivity contribution < 1.29 is 10.0 Å². The van der Waals surface area contributed by atoms with Gasteiger partial charge in [-0.1, -0.05) is 11.2 Å². The molecule has 0 bridgehead atoms. The van der Waals surface area contributed by atoms with Gasteiger partial charge < -0.3 is 15.8 Å². The number of amides is 1. The number of nitrogens with two attached hydrogens (primary N) is 1. The normalized spacial score (nSPS) is 17.7. The number of amidine groups is 1. The Hall–Kier alpha value is -1.60. The molecule has 0 saturated carbocycles. The average Bonchev–Trinajstić information content (AvgIpc) is 2.92. The van der Waals surface area contributed by atoms with Gasteiger partial charge in [0.25, 0.3) is 0 Å². The van der Waals surface area contributed by atoms with Gasteiger partial charge in [-0.25, -0.2) is 0 Å². The van der Waals surface area contributed by atoms with E-state index in [0.29, 0.717) is 26.1 Å². The fraction of sp³-hybridized carbons (Fsp3) is 0.500. The van der Waals surface area contributed by atoms with Crippen molar-refractivity contribution in [2.24, 2.45) is 10.9 Å². The Morgan fingerprint density at radius 1 is 1.42 bits per heavy atom. The molecule has 7 heteroatoms. The summed E-state index contributed by atoms with van der Waals surface area (Å²) in [5.74, 6) is 0.379. The molecule has 0 aromatic carbocycles. The highest BCUT2D eigenvalue weighted by molar-refractivity contribution is 7.10. The van der Waals surface area contributed by atoms with Gasteiger partial charge in [0, 0.05) is 31.1 Å². The standard InChI is InChI=1S/C12H18N4O2S/c13-11(14-18)9-15-3-5-16(6-4-15)12(17)8-10-2-1-7-19-10/h1-2,7,18H,3-6,8-9H2,(H2,13,14). The second-order valence-electron chi connectivity index (χ2n) is 4.50. The Labute approximate surface area is 116 Å². The van der Waals surface area contributed by atoms with Crippen molar-refractivity contribution in [3.8, 4) is 0 Å². The number of hydrogen-bond acceptors (Lipinski definition) is 5. The molecule has 0 aliphatic carbocycles. The first-order chi connectivity index (χ1) is 9.19. The Morgan fingerprint density at radius 3 is 2.74 bits per heavy atom. The molecule has 6 nitrogen and oxygen atoms in total. The summed E-state index contributed by atoms with van der Waals surface area (Å²) in [5.41, 5.74) is 5.47. The fourth-order valence-corrected chi connectivity index (χ4v) is 2.79. The summed E-state index contributed by atoms with van der Waals surface area (Å²) in [6.45, 7) is 3.36. The quantitative estimate of drug-likeness (QED) is 0.357. The molecule has 104 valence electrons. The third-order valence-electron chi connectivity index (χ3n) is 3.14. The fourth-order valence-electron chi connectivity index (χ4n) is 2.09. The highest BCUT2D eigenvalue weighted by Gasteiger charge is 2.21. The first-order valence-electron chi connectivity index (χ1n) is 6.18. The highest BCUT2D eigenvalue weighted by atomic mass is 32.1. The molecule has 1 aliphatic rings. The molecular weight excluding hydrogens is 264 g/mol. The third kappa shape index (κ3) is 3.93. The van der Waals surface area contributed by atoms with Crippen LogP contribution < -0.4 is 5.73 Å². The van der Waals surface area contributed by atoms with Crippen LogP contribution >= 0.6 is 11.3 Å². The predicted octanol–water partition coefficient (Wildman–Crippen LogP) is 0.181. The SMILES string of the molecule is NC(CN1CCN(C(=O)Cc2cccs2)CC1)=NO. The summed E-state index contributed by atoms with van der Waals surface area (Å²) in [5, 5.41) is 13.5. The summed E-state index contributed by atoms with van der Waals surface area (Å²) in [4.78, 5) is 17.1. The van der Waals surface area contributed by atoms with Crippen molar-refractivity contribution in [1.29, 1.82) is 0 Å². The number of carbonyl (C=O) groups is 1. The van der Waals surface area contributed by atoms with E-state index in [9.17, 15) is 4.79 Å². The second kappa shape index (κ2) is 6.53. The maximum Gasteiger partial charge on any atom is 0.227 e. The molecule has 1 aromatic rings. The lowest BCUT2D eigenvalue weighted by Gasteiger charge is -2.34. The molecule has 1 fully saturated rings. The van der Waals surface area contributed by atoms with Crippen molar-refractivity contribution in [1.82, 2.24) is 9.80 Å². The lowest BCUT2D eigenvalue weighted by Crippen LogP contribution is -2.51. The van der Waals surface area contributed by atoms with Gasteiger partial charge in [0.15, 0.2) is 5.84 Å². The monoisotopic (exact) mass is 282 g/mol. The van der Waals surface area contributed by atoms with Crippen LogP contribution in [0.1, 0.15) is 4.88 Å². The van der Waals surface area contributed by atoms with E-state index in [0.717, 1.165) is 18.0 Å². The van der Waals surface area contributed by atoms with Crippen LogP contribution in [-0.4, -0.2) is 59.5 Å². The Morgan fingerprint density at radius 2 is 2.16 bits per heavy atom. The molecular formula is C12H18N4O2S. The smallest absolute Gasteiger partial charge is 0.227 e. The van der Waals surface area contributed by atoms with Gasteiger partial charge in [-0.3, -0.25) is 9.69 Å². The predicted molar refractivity (Wildman–Crippen MR) is 74.5 cm³/mol. The Bertz CT molecular complexity index is 439. The summed E-state index contributed by atoms with van der Waals surface area (Å²) >= 11 is 1.61. The molecule has 19 heavy (non-hydrogen) atoms. The van der Waals surface area contributed by atoms with Crippen LogP contribution in [0.2, 0.25) is 0 Å². The minimum Gasteiger partial charge on any atom is -0.409 e. The third-order valence-corrected chi connectivity index (χ3v) is 4.02. The van der Waals surface area contributed by atoms with E-state index in [4.69, 9.17) is 10.9 Å². The van der Waals surface area contributed by atoms with Crippen LogP contribution in [0, 0.1) is 0 Å². The minimum absolute atomic E-state index is 0.172. The van der Waals surface area contributed by atoms with Crippen molar-refractivity contribution in [3.63, 3.8) is 0 Å². The van der Waals surface area contributed by atoms with Gasteiger partial charge in [-0.05, 0) is 11.4 Å². The van der Waals surface area contributed by atoms with Crippen molar-refractivity contribution >= 4 is 23.1 Å². The minimum atomic E-state index is 0.172. The van der Waals surface area contributed by atoms with Crippen LogP contribution in [-0.2, 0) is 11.2 Å². The first kappa shape index (κ1) is 13.8. The van der Waals surface area contributed by atoms with Crippen molar-refractivity contribution in [2.45, 2.75) is 6.42 Å². The van der Waals surface area contributed by atoms with E-state index in [1.54, 1.807) is 11.3 Å². The molecule has 1 saturated heterocycles. The van der Waals surface area contributed by atoms with Crippen LogP contribution in [0.25, 0.3) is 0 Å². The number of piperazine rings is 1. The van der Waals surface area contributed by atoms with E-state index in [1.807, 2.05) is 22.4 Å². The number of nitrogens with zero attached hydrogens (tertiary/aromatic N) is 3. The largest absolute Gasteiger partial charge is 0.409 e. The molecule has 2 rings (SSSR count). The molecule has 0 radical (unpaired) electrons. The summed E-state index contributed by atoms with van der Waals surface area (Å²) in [7, 11) is 0. The molecule has 0 unspecified atom stereocenters. The van der Waals surface area contributed by atoms with Crippen molar-refractivity contribution in [3.05, 3.63) is 22.4 Å². The molecule has 1 amide bonds. The lowest BCUT2D eigenvalue weighted by molar-refractivity contribution is -0.132. The van der Waals surface area contributed by atoms with Gasteiger partial charge in [0.2, 0.25) is 5.91 Å². The topological polar surface area (TPSA) is 82.2 Å². The lowest BCUT2D eigenvalue weighted by atomic mass is 10.2. The summed E-state index contributed by atoms with van der Waals surface area (Å²) < 4.78 is 0. The van der Waals surface area contributed by atoms with Gasteiger partial charge in [-0.2, -0.15) is 0 Å². The van der Waals surface area contributed by atoms with E-state index in [1.165, 1.54) is 0 Å². The zero-order valence-corrected chi connectivity index (χ0v) is 11.5. The highest BCUT2D eigenvalue weighted by Crippen LogP contribution is 2.11. The Balaban J connectivity index is 1.78. The molecule has 2 heterocycles. The van der Waals surface area contributed by atoms with E-state index in [2.05, 4.69) is 10.1 Å². The number of oxime groups is 1. The van der Waals surface area contributed by atoms with E-state index in [-0.39, 0.29) is 11.7 Å². The molecule has 3 N–H and O–H groups in total. The van der Waals surface area contributed by atoms with Crippen molar-refractivity contribution in [2.75, 3.05) is 32.7 Å². The van der Waals surface area contributed by atoms with E-state index < -0.39 is 0 Å². The number of carbonyl (C=O) groups excluding carboxylic acids is 1. The molecule has 0 atom stereocenters. The van der Waals surface area contributed by atoms with Gasteiger partial charge in [0.1, 0.15) is 0 Å². The Kier molecular flexibility index (Phi) is 4.75. The zero-order chi connectivity index (χ0) is 13.7. The van der Waals surface area contributed by atoms with Crippen LogP contribution in [0.3, 0.4) is 0 Å². The van der Waals surface area contributed by atoms with Crippen LogP contribution in [0.15, 0.2) is 22.7 Å². The van der Waals surface area contributed by atoms with E-state index >= 15 is 0 Å². The zero-order valence-electron chi connectivity index (χ0n) is 10.7. The molecule has 0 spiro atoms. The van der Waals surface area contributed by atoms with Crippen LogP contribution in [0.4, 0.5) is 0 Å².